The molecule has 2 bridgehead atoms. The third kappa shape index (κ3) is 3.49. The molecule has 4 heterocycles. The summed E-state index contributed by atoms with van der Waals surface area (Å²) in [5.74, 6) is 0.869. The van der Waals surface area contributed by atoms with Gasteiger partial charge in [0, 0.05) is 60.2 Å². The fourth-order valence-electron chi connectivity index (χ4n) is 4.46. The molecule has 1 atom stereocenters. The molecule has 1 aliphatic heterocycles. The first-order chi connectivity index (χ1) is 15.9. The molecule has 5 rings (SSSR count). The van der Waals surface area contributed by atoms with Crippen LogP contribution in [0, 0.1) is 5.82 Å². The van der Waals surface area contributed by atoms with Gasteiger partial charge in [0.05, 0.1) is 18.5 Å². The molecule has 0 spiro atoms. The van der Waals surface area contributed by atoms with Gasteiger partial charge in [-0.3, -0.25) is 9.36 Å². The number of hydrogen-bond donors (Lipinski definition) is 1. The Kier molecular flexibility index (Phi) is 5.03. The molecule has 1 unspecified atom stereocenters. The third-order valence-electron chi connectivity index (χ3n) is 5.94. The highest BCUT2D eigenvalue weighted by Crippen LogP contribution is 2.40. The van der Waals surface area contributed by atoms with Crippen LogP contribution in [0.5, 0.6) is 11.6 Å². The van der Waals surface area contributed by atoms with Crippen molar-refractivity contribution in [1.82, 2.24) is 24.5 Å². The Hall–Kier alpha value is -3.88. The lowest BCUT2D eigenvalue weighted by atomic mass is 9.94. The molecule has 0 saturated heterocycles. The molecule has 0 radical (unpaired) electrons. The first-order valence-electron chi connectivity index (χ1n) is 10.8. The Bertz CT molecular complexity index is 1360. The molecule has 0 fully saturated rings. The molecule has 0 amide bonds. The number of aromatic nitrogens is 5. The van der Waals surface area contributed by atoms with Gasteiger partial charge in [-0.05, 0) is 38.1 Å². The number of nitrogens with two attached hydrogens (primary N) is 1. The summed E-state index contributed by atoms with van der Waals surface area (Å²) in [7, 11) is 3.48. The molecule has 2 N–H and O–H groups in total. The number of rotatable bonds is 2. The standard InChI is InChI=1S/C24H25FN6O2/c1-5-31-22-14-9-20(23(26)27-11-14)33-13(2)18-10-16(25)6-7-17(18)21-15(12-30(3)28-21)8-19(22)24(29-31)32-4/h6-7,9-13H,5,8H2,1-4H3,(H2,26,27). The topological polar surface area (TPSA) is 93.0 Å². The minimum absolute atomic E-state index is 0.259. The van der Waals surface area contributed by atoms with Gasteiger partial charge in [0.1, 0.15) is 11.9 Å². The minimum Gasteiger partial charge on any atom is -0.482 e. The van der Waals surface area contributed by atoms with Gasteiger partial charge in [-0.15, -0.1) is 5.10 Å². The molecule has 4 aromatic rings. The van der Waals surface area contributed by atoms with Crippen LogP contribution in [-0.4, -0.2) is 31.7 Å². The number of hydrogen-bond acceptors (Lipinski definition) is 6. The summed E-state index contributed by atoms with van der Waals surface area (Å²) in [5.41, 5.74) is 12.0. The van der Waals surface area contributed by atoms with Gasteiger partial charge in [0.25, 0.3) is 0 Å². The highest BCUT2D eigenvalue weighted by molar-refractivity contribution is 5.73. The van der Waals surface area contributed by atoms with E-state index in [1.165, 1.54) is 12.1 Å². The van der Waals surface area contributed by atoms with Crippen LogP contribution in [0.15, 0.2) is 36.7 Å². The monoisotopic (exact) mass is 448 g/mol. The van der Waals surface area contributed by atoms with Crippen LogP contribution in [0.25, 0.3) is 22.5 Å². The van der Waals surface area contributed by atoms with Crippen molar-refractivity contribution in [1.29, 1.82) is 0 Å². The molecule has 33 heavy (non-hydrogen) atoms. The SMILES string of the molecule is CCn1nc(OC)c2c1-c1cnc(N)c(c1)OC(C)c1cc(F)ccc1-c1nn(C)cc1C2. The van der Waals surface area contributed by atoms with E-state index < -0.39 is 6.10 Å². The van der Waals surface area contributed by atoms with E-state index in [1.807, 2.05) is 37.8 Å². The number of halogens is 1. The van der Waals surface area contributed by atoms with E-state index in [0.717, 1.165) is 33.6 Å². The van der Waals surface area contributed by atoms with Gasteiger partial charge in [-0.1, -0.05) is 0 Å². The molecular formula is C24H25FN6O2. The van der Waals surface area contributed by atoms with Crippen molar-refractivity contribution in [2.75, 3.05) is 12.8 Å². The summed E-state index contributed by atoms with van der Waals surface area (Å²) in [6, 6.07) is 6.52. The number of benzene rings is 1. The van der Waals surface area contributed by atoms with Crippen LogP contribution >= 0.6 is 0 Å². The number of pyridine rings is 1. The van der Waals surface area contributed by atoms with E-state index in [-0.39, 0.29) is 11.6 Å². The van der Waals surface area contributed by atoms with Crippen LogP contribution < -0.4 is 15.2 Å². The number of aryl methyl sites for hydroxylation is 2. The number of nitrogen functional groups attached to an aromatic ring is 1. The maximum atomic E-state index is 14.3. The zero-order chi connectivity index (χ0) is 23.3. The second-order valence-corrected chi connectivity index (χ2v) is 8.10. The van der Waals surface area contributed by atoms with Gasteiger partial charge in [0.2, 0.25) is 5.88 Å². The highest BCUT2D eigenvalue weighted by atomic mass is 19.1. The largest absolute Gasteiger partial charge is 0.482 e. The van der Waals surface area contributed by atoms with Crippen LogP contribution in [-0.2, 0) is 20.0 Å². The summed E-state index contributed by atoms with van der Waals surface area (Å²) in [5, 5.41) is 9.38. The summed E-state index contributed by atoms with van der Waals surface area (Å²) >= 11 is 0. The first kappa shape index (κ1) is 21.0. The Morgan fingerprint density at radius 1 is 1.27 bits per heavy atom. The van der Waals surface area contributed by atoms with Crippen molar-refractivity contribution >= 4 is 5.82 Å². The van der Waals surface area contributed by atoms with Gasteiger partial charge in [-0.25, -0.2) is 9.37 Å². The van der Waals surface area contributed by atoms with Gasteiger partial charge in [0.15, 0.2) is 11.6 Å². The summed E-state index contributed by atoms with van der Waals surface area (Å²) in [4.78, 5) is 4.37. The fraction of sp³-hybridized carbons (Fsp3) is 0.292. The maximum absolute atomic E-state index is 14.3. The molecular weight excluding hydrogens is 423 g/mol. The molecule has 8 nitrogen and oxygen atoms in total. The highest BCUT2D eigenvalue weighted by Gasteiger charge is 2.26. The second-order valence-electron chi connectivity index (χ2n) is 8.10. The average Bonchev–Trinajstić information content (AvgIpc) is 3.34. The third-order valence-corrected chi connectivity index (χ3v) is 5.94. The number of fused-ring (bicyclic) bond motifs is 7. The van der Waals surface area contributed by atoms with E-state index >= 15 is 0 Å². The Morgan fingerprint density at radius 3 is 2.85 bits per heavy atom. The zero-order valence-electron chi connectivity index (χ0n) is 19.0. The summed E-state index contributed by atoms with van der Waals surface area (Å²) < 4.78 is 29.8. The van der Waals surface area contributed by atoms with Crippen LogP contribution in [0.4, 0.5) is 10.2 Å². The maximum Gasteiger partial charge on any atom is 0.236 e. The summed E-state index contributed by atoms with van der Waals surface area (Å²) in [6.45, 7) is 4.53. The average molecular weight is 449 g/mol. The lowest BCUT2D eigenvalue weighted by Gasteiger charge is -2.21. The lowest BCUT2D eigenvalue weighted by Crippen LogP contribution is -2.10. The number of ether oxygens (including phenoxy) is 2. The van der Waals surface area contributed by atoms with Crippen LogP contribution in [0.3, 0.4) is 0 Å². The van der Waals surface area contributed by atoms with E-state index in [2.05, 4.69) is 10.1 Å². The van der Waals surface area contributed by atoms with Crippen molar-refractivity contribution in [3.05, 3.63) is 59.2 Å². The Labute approximate surface area is 190 Å². The van der Waals surface area contributed by atoms with Crippen LogP contribution in [0.1, 0.15) is 36.6 Å². The van der Waals surface area contributed by atoms with Gasteiger partial charge < -0.3 is 15.2 Å². The van der Waals surface area contributed by atoms with E-state index in [0.29, 0.717) is 30.2 Å². The molecule has 1 aromatic carbocycles. The normalized spacial score (nSPS) is 14.9. The molecule has 0 saturated carbocycles. The number of methoxy groups -OCH3 is 1. The smallest absolute Gasteiger partial charge is 0.236 e. The van der Waals surface area contributed by atoms with E-state index in [4.69, 9.17) is 20.3 Å². The second kappa shape index (κ2) is 7.91. The quantitative estimate of drug-likeness (QED) is 0.495. The number of nitrogens with zero attached hydrogens (tertiary/aromatic N) is 5. The van der Waals surface area contributed by atoms with Gasteiger partial charge >= 0.3 is 0 Å². The molecule has 3 aromatic heterocycles. The molecule has 0 aliphatic carbocycles. The predicted molar refractivity (Wildman–Crippen MR) is 123 cm³/mol. The minimum atomic E-state index is -0.491. The van der Waals surface area contributed by atoms with Crippen molar-refractivity contribution in [2.45, 2.75) is 32.9 Å². The van der Waals surface area contributed by atoms with E-state index in [9.17, 15) is 4.39 Å². The van der Waals surface area contributed by atoms with Crippen molar-refractivity contribution in [3.63, 3.8) is 0 Å². The van der Waals surface area contributed by atoms with Crippen molar-refractivity contribution in [3.8, 4) is 34.1 Å². The predicted octanol–water partition coefficient (Wildman–Crippen LogP) is 4.14. The molecule has 9 heteroatoms. The lowest BCUT2D eigenvalue weighted by molar-refractivity contribution is 0.227. The Morgan fingerprint density at radius 2 is 2.09 bits per heavy atom. The fourth-order valence-corrected chi connectivity index (χ4v) is 4.46. The van der Waals surface area contributed by atoms with Crippen molar-refractivity contribution < 1.29 is 13.9 Å². The summed E-state index contributed by atoms with van der Waals surface area (Å²) in [6.07, 6.45) is 3.71. The first-order valence-corrected chi connectivity index (χ1v) is 10.8. The van der Waals surface area contributed by atoms with Crippen molar-refractivity contribution in [2.24, 2.45) is 7.05 Å². The van der Waals surface area contributed by atoms with E-state index in [1.54, 1.807) is 24.1 Å². The Balaban J connectivity index is 1.84. The van der Waals surface area contributed by atoms with Crippen LogP contribution in [0.2, 0.25) is 0 Å². The molecule has 170 valence electrons. The zero-order valence-corrected chi connectivity index (χ0v) is 19.0. The van der Waals surface area contributed by atoms with Gasteiger partial charge in [-0.2, -0.15) is 5.10 Å². The number of anilines is 1. The molecule has 1 aliphatic rings.